The molecule has 0 bridgehead atoms. The summed E-state index contributed by atoms with van der Waals surface area (Å²) in [5.74, 6) is -0.574. The van der Waals surface area contributed by atoms with Gasteiger partial charge in [0.15, 0.2) is 0 Å². The zero-order valence-corrected chi connectivity index (χ0v) is 12.3. The van der Waals surface area contributed by atoms with Crippen molar-refractivity contribution in [2.75, 3.05) is 5.32 Å². The van der Waals surface area contributed by atoms with E-state index in [0.29, 0.717) is 10.2 Å². The molecule has 0 aromatic carbocycles. The summed E-state index contributed by atoms with van der Waals surface area (Å²) in [5.41, 5.74) is 0.414. The van der Waals surface area contributed by atoms with Gasteiger partial charge < -0.3 is 5.32 Å². The number of alkyl halides is 2. The number of pyridine rings is 1. The first kappa shape index (κ1) is 14.6. The molecule has 0 aliphatic rings. The smallest absolute Gasteiger partial charge is 0.282 e. The van der Waals surface area contributed by atoms with Gasteiger partial charge in [0.1, 0.15) is 11.4 Å². The summed E-state index contributed by atoms with van der Waals surface area (Å²) in [7, 11) is 1.39. The number of rotatable bonds is 3. The van der Waals surface area contributed by atoms with Crippen molar-refractivity contribution in [3.05, 3.63) is 39.9 Å². The molecule has 1 N–H and O–H groups in total. The van der Waals surface area contributed by atoms with E-state index in [9.17, 15) is 13.6 Å². The number of carbonyl (C=O) groups is 1. The standard InChI is InChI=1S/C12H11BrF2N4O/c1-6-3-4-7(13)9(17-6)12(20)18-8-5-16-19(2)10(8)11(14)15/h3-5,11H,1-2H3,(H,18,20). The molecular formula is C12H11BrF2N4O. The fraction of sp³-hybridized carbons (Fsp3) is 0.250. The Hall–Kier alpha value is -1.83. The highest BCUT2D eigenvalue weighted by Gasteiger charge is 2.21. The summed E-state index contributed by atoms with van der Waals surface area (Å²) < 4.78 is 27.3. The largest absolute Gasteiger partial charge is 0.317 e. The first-order valence-electron chi connectivity index (χ1n) is 5.64. The van der Waals surface area contributed by atoms with Crippen molar-refractivity contribution in [1.82, 2.24) is 14.8 Å². The maximum absolute atomic E-state index is 12.9. The Labute approximate surface area is 122 Å². The third kappa shape index (κ3) is 2.84. The number of hydrogen-bond donors (Lipinski definition) is 1. The first-order chi connectivity index (χ1) is 9.40. The van der Waals surface area contributed by atoms with Gasteiger partial charge in [-0.25, -0.2) is 13.8 Å². The molecule has 0 unspecified atom stereocenters. The molecule has 5 nitrogen and oxygen atoms in total. The Bertz CT molecular complexity index is 657. The zero-order chi connectivity index (χ0) is 14.9. The van der Waals surface area contributed by atoms with Crippen LogP contribution in [0, 0.1) is 6.92 Å². The van der Waals surface area contributed by atoms with Gasteiger partial charge in [0.25, 0.3) is 12.3 Å². The lowest BCUT2D eigenvalue weighted by molar-refractivity contribution is 0.102. The van der Waals surface area contributed by atoms with Gasteiger partial charge in [-0.3, -0.25) is 9.48 Å². The molecule has 1 amide bonds. The number of nitrogens with zero attached hydrogens (tertiary/aromatic N) is 3. The molecule has 106 valence electrons. The lowest BCUT2D eigenvalue weighted by atomic mass is 10.3. The lowest BCUT2D eigenvalue weighted by Gasteiger charge is -2.08. The van der Waals surface area contributed by atoms with Crippen molar-refractivity contribution < 1.29 is 13.6 Å². The molecule has 2 aromatic rings. The minimum atomic E-state index is -2.73. The second kappa shape index (κ2) is 5.66. The van der Waals surface area contributed by atoms with Crippen LogP contribution in [0.25, 0.3) is 0 Å². The lowest BCUT2D eigenvalue weighted by Crippen LogP contribution is -2.16. The normalized spacial score (nSPS) is 10.9. The molecule has 2 heterocycles. The minimum absolute atomic E-state index is 0.0253. The van der Waals surface area contributed by atoms with Crippen molar-refractivity contribution in [3.8, 4) is 0 Å². The van der Waals surface area contributed by atoms with E-state index in [1.165, 1.54) is 13.2 Å². The maximum atomic E-state index is 12.9. The van der Waals surface area contributed by atoms with E-state index < -0.39 is 12.3 Å². The highest BCUT2D eigenvalue weighted by Crippen LogP contribution is 2.27. The highest BCUT2D eigenvalue weighted by molar-refractivity contribution is 9.10. The summed E-state index contributed by atoms with van der Waals surface area (Å²) >= 11 is 3.20. The predicted octanol–water partition coefficient (Wildman–Crippen LogP) is 3.08. The minimum Gasteiger partial charge on any atom is -0.317 e. The van der Waals surface area contributed by atoms with Crippen LogP contribution < -0.4 is 5.32 Å². The third-order valence-electron chi connectivity index (χ3n) is 2.64. The molecule has 0 aliphatic heterocycles. The van der Waals surface area contributed by atoms with Gasteiger partial charge in [0.2, 0.25) is 0 Å². The van der Waals surface area contributed by atoms with Crippen LogP contribution in [-0.2, 0) is 7.05 Å². The molecule has 20 heavy (non-hydrogen) atoms. The number of halogens is 3. The molecule has 8 heteroatoms. The maximum Gasteiger partial charge on any atom is 0.282 e. The van der Waals surface area contributed by atoms with E-state index in [4.69, 9.17) is 0 Å². The number of carbonyl (C=O) groups excluding carboxylic acids is 1. The average molecular weight is 345 g/mol. The van der Waals surface area contributed by atoms with E-state index in [0.717, 1.165) is 4.68 Å². The van der Waals surface area contributed by atoms with E-state index in [2.05, 4.69) is 31.3 Å². The van der Waals surface area contributed by atoms with Crippen LogP contribution in [0.4, 0.5) is 14.5 Å². The fourth-order valence-corrected chi connectivity index (χ4v) is 2.08. The molecule has 0 atom stereocenters. The molecule has 2 aromatic heterocycles. The number of aromatic nitrogens is 3. The second-order valence-electron chi connectivity index (χ2n) is 4.10. The number of aryl methyl sites for hydroxylation is 2. The van der Waals surface area contributed by atoms with E-state index in [1.54, 1.807) is 19.1 Å². The van der Waals surface area contributed by atoms with E-state index in [-0.39, 0.29) is 17.1 Å². The Morgan fingerprint density at radius 3 is 2.80 bits per heavy atom. The number of hydrogen-bond acceptors (Lipinski definition) is 3. The van der Waals surface area contributed by atoms with Gasteiger partial charge in [-0.1, -0.05) is 0 Å². The second-order valence-corrected chi connectivity index (χ2v) is 4.96. The van der Waals surface area contributed by atoms with Crippen LogP contribution >= 0.6 is 15.9 Å². The molecule has 0 radical (unpaired) electrons. The Balaban J connectivity index is 2.31. The molecule has 2 rings (SSSR count). The van der Waals surface area contributed by atoms with Crippen LogP contribution in [0.2, 0.25) is 0 Å². The predicted molar refractivity (Wildman–Crippen MR) is 72.8 cm³/mol. The average Bonchev–Trinajstić information content (AvgIpc) is 2.73. The monoisotopic (exact) mass is 344 g/mol. The van der Waals surface area contributed by atoms with Crippen LogP contribution in [0.15, 0.2) is 22.8 Å². The van der Waals surface area contributed by atoms with Crippen molar-refractivity contribution in [2.45, 2.75) is 13.3 Å². The SMILES string of the molecule is Cc1ccc(Br)c(C(=O)Nc2cnn(C)c2C(F)F)n1. The Kier molecular flexibility index (Phi) is 4.12. The van der Waals surface area contributed by atoms with Gasteiger partial charge in [-0.2, -0.15) is 5.10 Å². The summed E-state index contributed by atoms with van der Waals surface area (Å²) in [6, 6.07) is 3.41. The first-order valence-corrected chi connectivity index (χ1v) is 6.44. The van der Waals surface area contributed by atoms with Crippen molar-refractivity contribution in [2.24, 2.45) is 7.05 Å². The molecule has 0 saturated carbocycles. The number of amides is 1. The van der Waals surface area contributed by atoms with Crippen molar-refractivity contribution >= 4 is 27.5 Å². The summed E-state index contributed by atoms with van der Waals surface area (Å²) in [5, 5.41) is 6.12. The Morgan fingerprint density at radius 2 is 2.15 bits per heavy atom. The summed E-state index contributed by atoms with van der Waals surface area (Å²) in [4.78, 5) is 16.2. The van der Waals surface area contributed by atoms with Crippen molar-refractivity contribution in [3.63, 3.8) is 0 Å². The molecular weight excluding hydrogens is 334 g/mol. The highest BCUT2D eigenvalue weighted by atomic mass is 79.9. The Morgan fingerprint density at radius 1 is 1.45 bits per heavy atom. The van der Waals surface area contributed by atoms with Crippen molar-refractivity contribution in [1.29, 1.82) is 0 Å². The number of anilines is 1. The molecule has 0 fully saturated rings. The summed E-state index contributed by atoms with van der Waals surface area (Å²) in [6.45, 7) is 1.73. The van der Waals surface area contributed by atoms with Gasteiger partial charge >= 0.3 is 0 Å². The van der Waals surface area contributed by atoms with E-state index in [1.807, 2.05) is 0 Å². The number of nitrogens with one attached hydrogen (secondary N) is 1. The fourth-order valence-electron chi connectivity index (χ4n) is 1.68. The molecule has 0 aliphatic carbocycles. The molecule has 0 spiro atoms. The van der Waals surface area contributed by atoms with Gasteiger partial charge in [-0.15, -0.1) is 0 Å². The van der Waals surface area contributed by atoms with Crippen LogP contribution in [-0.4, -0.2) is 20.7 Å². The van der Waals surface area contributed by atoms with Gasteiger partial charge in [-0.05, 0) is 35.0 Å². The van der Waals surface area contributed by atoms with Crippen LogP contribution in [0.1, 0.15) is 28.3 Å². The quantitative estimate of drug-likeness (QED) is 0.930. The van der Waals surface area contributed by atoms with Crippen LogP contribution in [0.3, 0.4) is 0 Å². The van der Waals surface area contributed by atoms with Gasteiger partial charge in [0, 0.05) is 17.2 Å². The molecule has 0 saturated heterocycles. The topological polar surface area (TPSA) is 59.8 Å². The summed E-state index contributed by atoms with van der Waals surface area (Å²) in [6.07, 6.45) is -1.55. The third-order valence-corrected chi connectivity index (χ3v) is 3.28. The zero-order valence-electron chi connectivity index (χ0n) is 10.7. The van der Waals surface area contributed by atoms with Gasteiger partial charge in [0.05, 0.1) is 11.9 Å². The van der Waals surface area contributed by atoms with E-state index >= 15 is 0 Å². The van der Waals surface area contributed by atoms with Crippen LogP contribution in [0.5, 0.6) is 0 Å².